The van der Waals surface area contributed by atoms with Crippen molar-refractivity contribution in [2.45, 2.75) is 19.8 Å². The van der Waals surface area contributed by atoms with Crippen LogP contribution in [0.5, 0.6) is 0 Å². The molecule has 0 atom stereocenters. The summed E-state index contributed by atoms with van der Waals surface area (Å²) in [6.45, 7) is 2.14. The number of rotatable bonds is 2. The zero-order valence-corrected chi connectivity index (χ0v) is 8.25. The highest BCUT2D eigenvalue weighted by Crippen LogP contribution is 2.09. The molecule has 0 aromatic heterocycles. The van der Waals surface area contributed by atoms with E-state index >= 15 is 0 Å². The van der Waals surface area contributed by atoms with Crippen molar-refractivity contribution in [2.75, 3.05) is 11.9 Å². The van der Waals surface area contributed by atoms with Crippen molar-refractivity contribution in [3.05, 3.63) is 30.3 Å². The first-order valence-electron chi connectivity index (χ1n) is 4.62. The molecule has 0 spiro atoms. The lowest BCUT2D eigenvalue weighted by Gasteiger charge is -2.09. The smallest absolute Gasteiger partial charge is 0.0485 e. The van der Waals surface area contributed by atoms with E-state index in [-0.39, 0.29) is 0 Å². The summed E-state index contributed by atoms with van der Waals surface area (Å²) in [5.74, 6) is 3.11. The van der Waals surface area contributed by atoms with Crippen molar-refractivity contribution in [1.82, 2.24) is 0 Å². The van der Waals surface area contributed by atoms with Crippen molar-refractivity contribution in [1.29, 1.82) is 0 Å². The van der Waals surface area contributed by atoms with Crippen molar-refractivity contribution in [2.24, 2.45) is 0 Å². The molecule has 0 aliphatic heterocycles. The first kappa shape index (κ1) is 9.67. The zero-order chi connectivity index (χ0) is 9.52. The van der Waals surface area contributed by atoms with E-state index < -0.39 is 0 Å². The summed E-state index contributed by atoms with van der Waals surface area (Å²) in [5, 5.41) is 0. The van der Waals surface area contributed by atoms with Gasteiger partial charge in [0.15, 0.2) is 0 Å². The lowest BCUT2D eigenvalue weighted by molar-refractivity contribution is 0.981. The fraction of sp³-hybridized carbons (Fsp3) is 0.333. The second-order valence-electron chi connectivity index (χ2n) is 2.93. The highest BCUT2D eigenvalue weighted by atomic mass is 15.1. The molecular formula is C12H15N. The number of hydrogen-bond acceptors (Lipinski definition) is 1. The van der Waals surface area contributed by atoms with Crippen LogP contribution in [0.4, 0.5) is 5.69 Å². The predicted octanol–water partition coefficient (Wildman–Crippen LogP) is 2.88. The fourth-order valence-corrected chi connectivity index (χ4v) is 1.02. The van der Waals surface area contributed by atoms with E-state index in [0.29, 0.717) is 0 Å². The van der Waals surface area contributed by atoms with E-state index in [1.807, 2.05) is 30.1 Å². The molecular weight excluding hydrogens is 158 g/mol. The second kappa shape index (κ2) is 5.27. The van der Waals surface area contributed by atoms with Gasteiger partial charge in [0.25, 0.3) is 0 Å². The topological polar surface area (TPSA) is 3.24 Å². The average molecular weight is 173 g/mol. The van der Waals surface area contributed by atoms with E-state index in [2.05, 4.69) is 31.0 Å². The fourth-order valence-electron chi connectivity index (χ4n) is 1.02. The normalized spacial score (nSPS) is 8.77. The molecule has 1 heteroatoms. The summed E-state index contributed by atoms with van der Waals surface area (Å²) in [7, 11) is 1.98. The number of benzene rings is 1. The van der Waals surface area contributed by atoms with E-state index in [0.717, 1.165) is 18.5 Å². The standard InChI is InChI=1S/C12H15N/c1-3-4-8-11-13(2)12-9-6-5-7-10-12/h5-7,9-10H,3-4H2,1-2H3. The Balaban J connectivity index is 2.60. The van der Waals surface area contributed by atoms with E-state index in [1.54, 1.807) is 0 Å². The van der Waals surface area contributed by atoms with Crippen LogP contribution in [0.25, 0.3) is 0 Å². The minimum absolute atomic E-state index is 0.969. The lowest BCUT2D eigenvalue weighted by Crippen LogP contribution is -2.07. The molecule has 68 valence electrons. The maximum absolute atomic E-state index is 3.11. The van der Waals surface area contributed by atoms with Crippen LogP contribution in [-0.2, 0) is 0 Å². The van der Waals surface area contributed by atoms with Crippen LogP contribution < -0.4 is 4.90 Å². The van der Waals surface area contributed by atoms with Crippen molar-refractivity contribution >= 4 is 5.69 Å². The molecule has 0 radical (unpaired) electrons. The van der Waals surface area contributed by atoms with Gasteiger partial charge in [-0.3, -0.25) is 0 Å². The van der Waals surface area contributed by atoms with Gasteiger partial charge in [0.2, 0.25) is 0 Å². The van der Waals surface area contributed by atoms with Crippen LogP contribution in [0.15, 0.2) is 30.3 Å². The highest BCUT2D eigenvalue weighted by molar-refractivity contribution is 5.50. The SMILES string of the molecule is CCCC#CN(C)c1ccccc1. The van der Waals surface area contributed by atoms with Gasteiger partial charge in [-0.05, 0) is 18.6 Å². The Labute approximate surface area is 80.4 Å². The summed E-state index contributed by atoms with van der Waals surface area (Å²) >= 11 is 0. The molecule has 1 aromatic carbocycles. The van der Waals surface area contributed by atoms with Crippen LogP contribution in [0, 0.1) is 12.0 Å². The molecule has 1 aromatic rings. The molecule has 0 saturated carbocycles. The van der Waals surface area contributed by atoms with Gasteiger partial charge in [0.1, 0.15) is 0 Å². The van der Waals surface area contributed by atoms with Gasteiger partial charge in [0, 0.05) is 25.2 Å². The first-order chi connectivity index (χ1) is 6.34. The Hall–Kier alpha value is -1.42. The highest BCUT2D eigenvalue weighted by Gasteiger charge is 1.92. The van der Waals surface area contributed by atoms with Gasteiger partial charge in [-0.15, -0.1) is 0 Å². The van der Waals surface area contributed by atoms with Crippen molar-refractivity contribution in [3.8, 4) is 12.0 Å². The number of para-hydroxylation sites is 1. The van der Waals surface area contributed by atoms with Crippen molar-refractivity contribution < 1.29 is 0 Å². The average Bonchev–Trinajstić information content (AvgIpc) is 2.19. The Morgan fingerprint density at radius 3 is 2.54 bits per heavy atom. The van der Waals surface area contributed by atoms with E-state index in [4.69, 9.17) is 0 Å². The molecule has 0 N–H and O–H groups in total. The summed E-state index contributed by atoms with van der Waals surface area (Å²) < 4.78 is 0. The molecule has 13 heavy (non-hydrogen) atoms. The second-order valence-corrected chi connectivity index (χ2v) is 2.93. The maximum atomic E-state index is 3.11. The largest absolute Gasteiger partial charge is 0.305 e. The molecule has 0 bridgehead atoms. The lowest BCUT2D eigenvalue weighted by atomic mass is 10.3. The summed E-state index contributed by atoms with van der Waals surface area (Å²) in [6, 6.07) is 13.2. The third-order valence-corrected chi connectivity index (χ3v) is 1.77. The van der Waals surface area contributed by atoms with Gasteiger partial charge < -0.3 is 4.90 Å². The maximum Gasteiger partial charge on any atom is 0.0485 e. The molecule has 0 aliphatic carbocycles. The molecule has 0 saturated heterocycles. The van der Waals surface area contributed by atoms with Gasteiger partial charge in [-0.1, -0.05) is 31.0 Å². The third kappa shape index (κ3) is 3.21. The van der Waals surface area contributed by atoms with Gasteiger partial charge >= 0.3 is 0 Å². The number of nitrogens with zero attached hydrogens (tertiary/aromatic N) is 1. The third-order valence-electron chi connectivity index (χ3n) is 1.77. The summed E-state index contributed by atoms with van der Waals surface area (Å²) in [5.41, 5.74) is 1.14. The summed E-state index contributed by atoms with van der Waals surface area (Å²) in [4.78, 5) is 1.95. The van der Waals surface area contributed by atoms with E-state index in [9.17, 15) is 0 Å². The van der Waals surface area contributed by atoms with Gasteiger partial charge in [-0.25, -0.2) is 0 Å². The minimum atomic E-state index is 0.969. The van der Waals surface area contributed by atoms with Crippen LogP contribution in [-0.4, -0.2) is 7.05 Å². The number of anilines is 1. The Morgan fingerprint density at radius 1 is 1.23 bits per heavy atom. The number of hydrogen-bond donors (Lipinski definition) is 0. The van der Waals surface area contributed by atoms with Crippen LogP contribution in [0.1, 0.15) is 19.8 Å². The van der Waals surface area contributed by atoms with Gasteiger partial charge in [0.05, 0.1) is 0 Å². The first-order valence-corrected chi connectivity index (χ1v) is 4.62. The molecule has 0 aliphatic rings. The monoisotopic (exact) mass is 173 g/mol. The van der Waals surface area contributed by atoms with Crippen molar-refractivity contribution in [3.63, 3.8) is 0 Å². The molecule has 0 amide bonds. The zero-order valence-electron chi connectivity index (χ0n) is 8.25. The summed E-state index contributed by atoms with van der Waals surface area (Å²) in [6.07, 6.45) is 2.09. The minimum Gasteiger partial charge on any atom is -0.305 e. The molecule has 0 unspecified atom stereocenters. The van der Waals surface area contributed by atoms with Crippen LogP contribution in [0.2, 0.25) is 0 Å². The van der Waals surface area contributed by atoms with Gasteiger partial charge in [-0.2, -0.15) is 0 Å². The predicted molar refractivity (Wildman–Crippen MR) is 57.5 cm³/mol. The molecule has 0 heterocycles. The van der Waals surface area contributed by atoms with Crippen LogP contribution >= 0.6 is 0 Å². The Bertz CT molecular complexity index is 292. The Kier molecular flexibility index (Phi) is 3.92. The van der Waals surface area contributed by atoms with E-state index in [1.165, 1.54) is 0 Å². The molecule has 1 nitrogen and oxygen atoms in total. The Morgan fingerprint density at radius 2 is 1.92 bits per heavy atom. The van der Waals surface area contributed by atoms with Crippen LogP contribution in [0.3, 0.4) is 0 Å². The molecule has 1 rings (SSSR count). The molecule has 0 fully saturated rings. The quantitative estimate of drug-likeness (QED) is 0.491. The number of unbranched alkanes of at least 4 members (excludes halogenated alkanes) is 1.